The molecule has 0 spiro atoms. The topological polar surface area (TPSA) is 69.9 Å². The Morgan fingerprint density at radius 1 is 0.302 bits per heavy atom. The molecule has 0 atom stereocenters. The van der Waals surface area contributed by atoms with E-state index in [1.807, 2.05) is 36.4 Å². The predicted octanol–water partition coefficient (Wildman–Crippen LogP) is 15.1. The average Bonchev–Trinajstić information content (AvgIpc) is 4.02. The molecule has 13 rings (SSSR count). The van der Waals surface area contributed by atoms with Crippen molar-refractivity contribution in [3.05, 3.63) is 206 Å². The first kappa shape index (κ1) is 35.2. The predicted molar refractivity (Wildman–Crippen MR) is 256 cm³/mol. The average molecular weight is 807 g/mol. The highest BCUT2D eigenvalue weighted by Gasteiger charge is 2.21. The quantitative estimate of drug-likeness (QED) is 0.167. The van der Waals surface area contributed by atoms with Crippen molar-refractivity contribution in [3.8, 4) is 62.1 Å². The molecule has 0 N–H and O–H groups in total. The van der Waals surface area contributed by atoms with Gasteiger partial charge in [0.25, 0.3) is 0 Å². The van der Waals surface area contributed by atoms with E-state index in [2.05, 4.69) is 174 Å². The molecule has 0 bridgehead atoms. The largest absolute Gasteiger partial charge is 0.456 e. The molecule has 0 unspecified atom stereocenters. The van der Waals surface area contributed by atoms with Gasteiger partial charge in [-0.1, -0.05) is 146 Å². The van der Waals surface area contributed by atoms with Crippen LogP contribution < -0.4 is 0 Å². The van der Waals surface area contributed by atoms with Crippen molar-refractivity contribution in [2.24, 2.45) is 0 Å². The molecule has 13 aromatic rings. The maximum absolute atomic E-state index is 6.62. The molecule has 0 amide bonds. The Labute approximate surface area is 361 Å². The normalized spacial score (nSPS) is 11.8. The number of furan rings is 2. The number of para-hydroxylation sites is 2. The number of hydrogen-bond acceptors (Lipinski definition) is 5. The molecule has 294 valence electrons. The van der Waals surface area contributed by atoms with Crippen molar-refractivity contribution in [1.29, 1.82) is 0 Å². The third-order valence-electron chi connectivity index (χ3n) is 12.2. The van der Waals surface area contributed by atoms with E-state index >= 15 is 0 Å². The lowest BCUT2D eigenvalue weighted by Crippen LogP contribution is -2.01. The van der Waals surface area contributed by atoms with Gasteiger partial charge in [0.1, 0.15) is 22.3 Å². The summed E-state index contributed by atoms with van der Waals surface area (Å²) in [6.45, 7) is 0. The van der Waals surface area contributed by atoms with Crippen LogP contribution in [0.3, 0.4) is 0 Å². The highest BCUT2D eigenvalue weighted by molar-refractivity contribution is 6.18. The Bertz CT molecular complexity index is 3820. The number of nitrogens with zero attached hydrogens (tertiary/aromatic N) is 4. The lowest BCUT2D eigenvalue weighted by molar-refractivity contribution is 0.669. The standard InChI is InChI=1S/C57H34N4O2/c1-3-14-35(15-4-1)37-18-11-20-39(30-37)55-58-56(40-21-12-19-38(31-40)36-16-5-2-6-17-36)60-57(59-55)44-24-13-27-52-54(44)47-32-41(28-29-51(47)62-52)61-48-25-9-7-22-42(48)45-34-53-46(33-49(45)61)43-23-8-10-26-50(43)63-53/h1-34H. The monoisotopic (exact) mass is 806 g/mol. The van der Waals surface area contributed by atoms with Gasteiger partial charge < -0.3 is 13.4 Å². The molecular weight excluding hydrogens is 773 g/mol. The lowest BCUT2D eigenvalue weighted by atomic mass is 10.0. The van der Waals surface area contributed by atoms with Gasteiger partial charge >= 0.3 is 0 Å². The van der Waals surface area contributed by atoms with Crippen LogP contribution in [0.1, 0.15) is 0 Å². The number of hydrogen-bond donors (Lipinski definition) is 0. The molecule has 0 saturated heterocycles. The first-order chi connectivity index (χ1) is 31.2. The molecule has 6 nitrogen and oxygen atoms in total. The number of benzene rings is 9. The van der Waals surface area contributed by atoms with E-state index < -0.39 is 0 Å². The van der Waals surface area contributed by atoms with E-state index in [1.54, 1.807) is 0 Å². The number of rotatable bonds is 6. The summed E-state index contributed by atoms with van der Waals surface area (Å²) < 4.78 is 15.3. The van der Waals surface area contributed by atoms with Gasteiger partial charge in [0.15, 0.2) is 17.5 Å². The Hall–Kier alpha value is -8.61. The van der Waals surface area contributed by atoms with Crippen molar-refractivity contribution in [2.45, 2.75) is 0 Å². The first-order valence-corrected chi connectivity index (χ1v) is 21.1. The molecule has 0 aliphatic heterocycles. The third-order valence-corrected chi connectivity index (χ3v) is 12.2. The van der Waals surface area contributed by atoms with Gasteiger partial charge in [0.2, 0.25) is 0 Å². The van der Waals surface area contributed by atoms with Crippen LogP contribution in [0.15, 0.2) is 215 Å². The maximum atomic E-state index is 6.62. The van der Waals surface area contributed by atoms with E-state index in [4.69, 9.17) is 23.8 Å². The van der Waals surface area contributed by atoms with Gasteiger partial charge in [-0.05, 0) is 82.9 Å². The fraction of sp³-hybridized carbons (Fsp3) is 0. The lowest BCUT2D eigenvalue weighted by Gasteiger charge is -2.11. The second-order valence-corrected chi connectivity index (χ2v) is 16.0. The second kappa shape index (κ2) is 14.0. The Kier molecular flexibility index (Phi) is 7.80. The zero-order valence-corrected chi connectivity index (χ0v) is 33.7. The molecular formula is C57H34N4O2. The van der Waals surface area contributed by atoms with Crippen LogP contribution in [-0.4, -0.2) is 19.5 Å². The van der Waals surface area contributed by atoms with Crippen molar-refractivity contribution in [2.75, 3.05) is 0 Å². The van der Waals surface area contributed by atoms with Crippen LogP contribution >= 0.6 is 0 Å². The SMILES string of the molecule is c1ccc(-c2cccc(-c3nc(-c4cccc(-c5ccccc5)c4)nc(-c4cccc5oc6ccc(-n7c8ccccc8c8cc9oc%10ccccc%10c9cc87)cc6c45)n3)c2)cc1. The van der Waals surface area contributed by atoms with Crippen molar-refractivity contribution in [1.82, 2.24) is 19.5 Å². The van der Waals surface area contributed by atoms with Crippen LogP contribution in [0.5, 0.6) is 0 Å². The van der Waals surface area contributed by atoms with Gasteiger partial charge in [-0.15, -0.1) is 0 Å². The summed E-state index contributed by atoms with van der Waals surface area (Å²) in [5.41, 5.74) is 13.6. The summed E-state index contributed by atoms with van der Waals surface area (Å²) in [7, 11) is 0. The van der Waals surface area contributed by atoms with E-state index in [1.165, 1.54) is 0 Å². The highest BCUT2D eigenvalue weighted by atomic mass is 16.3. The number of aromatic nitrogens is 4. The second-order valence-electron chi connectivity index (χ2n) is 16.0. The zero-order chi connectivity index (χ0) is 41.4. The molecule has 9 aromatic carbocycles. The molecule has 4 aromatic heterocycles. The van der Waals surface area contributed by atoms with Gasteiger partial charge in [-0.25, -0.2) is 15.0 Å². The molecule has 0 saturated carbocycles. The summed E-state index contributed by atoms with van der Waals surface area (Å²) in [5.74, 6) is 1.74. The Morgan fingerprint density at radius 3 is 1.59 bits per heavy atom. The Morgan fingerprint density at radius 2 is 0.857 bits per heavy atom. The highest BCUT2D eigenvalue weighted by Crippen LogP contribution is 2.41. The minimum Gasteiger partial charge on any atom is -0.456 e. The van der Waals surface area contributed by atoms with Gasteiger partial charge in [0.05, 0.1) is 11.0 Å². The summed E-state index contributed by atoms with van der Waals surface area (Å²) >= 11 is 0. The van der Waals surface area contributed by atoms with E-state index in [0.29, 0.717) is 17.5 Å². The van der Waals surface area contributed by atoms with Crippen molar-refractivity contribution in [3.63, 3.8) is 0 Å². The summed E-state index contributed by atoms with van der Waals surface area (Å²) in [5, 5.41) is 6.39. The van der Waals surface area contributed by atoms with Gasteiger partial charge in [-0.2, -0.15) is 0 Å². The molecule has 6 heteroatoms. The summed E-state index contributed by atoms with van der Waals surface area (Å²) in [6.07, 6.45) is 0. The van der Waals surface area contributed by atoms with E-state index in [9.17, 15) is 0 Å². The summed E-state index contributed by atoms with van der Waals surface area (Å²) in [6, 6.07) is 71.5. The van der Waals surface area contributed by atoms with Gasteiger partial charge in [0, 0.05) is 54.7 Å². The first-order valence-electron chi connectivity index (χ1n) is 21.1. The van der Waals surface area contributed by atoms with Crippen LogP contribution in [0.2, 0.25) is 0 Å². The molecule has 63 heavy (non-hydrogen) atoms. The number of fused-ring (bicyclic) bond motifs is 9. The zero-order valence-electron chi connectivity index (χ0n) is 33.7. The minimum atomic E-state index is 0.565. The third kappa shape index (κ3) is 5.76. The Balaban J connectivity index is 1.03. The van der Waals surface area contributed by atoms with E-state index in [-0.39, 0.29) is 0 Å². The molecule has 0 aliphatic carbocycles. The van der Waals surface area contributed by atoms with Gasteiger partial charge in [-0.3, -0.25) is 0 Å². The molecule has 0 radical (unpaired) electrons. The van der Waals surface area contributed by atoms with Crippen molar-refractivity contribution >= 4 is 65.7 Å². The molecule has 0 fully saturated rings. The maximum Gasteiger partial charge on any atom is 0.164 e. The van der Waals surface area contributed by atoms with E-state index in [0.717, 1.165) is 110 Å². The summed E-state index contributed by atoms with van der Waals surface area (Å²) in [4.78, 5) is 15.7. The van der Waals surface area contributed by atoms with Crippen LogP contribution in [-0.2, 0) is 0 Å². The minimum absolute atomic E-state index is 0.565. The fourth-order valence-electron chi connectivity index (χ4n) is 9.30. The smallest absolute Gasteiger partial charge is 0.164 e. The fourth-order valence-corrected chi connectivity index (χ4v) is 9.30. The molecule has 0 aliphatic rings. The van der Waals surface area contributed by atoms with Crippen LogP contribution in [0.25, 0.3) is 128 Å². The van der Waals surface area contributed by atoms with Crippen LogP contribution in [0.4, 0.5) is 0 Å². The van der Waals surface area contributed by atoms with Crippen LogP contribution in [0, 0.1) is 0 Å². The van der Waals surface area contributed by atoms with Crippen molar-refractivity contribution < 1.29 is 8.83 Å². The molecule has 4 heterocycles.